The molecule has 2 aromatic carbocycles. The van der Waals surface area contributed by atoms with E-state index >= 15 is 0 Å². The van der Waals surface area contributed by atoms with Crippen LogP contribution >= 0.6 is 11.6 Å². The Labute approximate surface area is 164 Å². The number of aromatic amines is 1. The minimum absolute atomic E-state index is 0.0173. The fourth-order valence-electron chi connectivity index (χ4n) is 3.54. The molecule has 0 spiro atoms. The summed E-state index contributed by atoms with van der Waals surface area (Å²) in [4.78, 5) is 0. The Hall–Kier alpha value is -3.63. The van der Waals surface area contributed by atoms with Gasteiger partial charge in [-0.1, -0.05) is 29.8 Å². The number of rotatable bonds is 2. The molecule has 2 aliphatic heterocycles. The van der Waals surface area contributed by atoms with Gasteiger partial charge in [0.1, 0.15) is 11.6 Å². The molecule has 2 aliphatic rings. The Balaban J connectivity index is 1.73. The first-order chi connectivity index (χ1) is 13.7. The molecular formula is C20H13ClN4O3. The van der Waals surface area contributed by atoms with E-state index in [0.29, 0.717) is 33.7 Å². The summed E-state index contributed by atoms with van der Waals surface area (Å²) in [7, 11) is 0. The summed E-state index contributed by atoms with van der Waals surface area (Å²) in [6.07, 6.45) is 0. The molecule has 3 N–H and O–H groups in total. The van der Waals surface area contributed by atoms with Crippen LogP contribution in [0.25, 0.3) is 11.3 Å². The highest BCUT2D eigenvalue weighted by Gasteiger charge is 2.36. The molecular weight excluding hydrogens is 380 g/mol. The van der Waals surface area contributed by atoms with Crippen molar-refractivity contribution >= 4 is 11.6 Å². The molecule has 0 unspecified atom stereocenters. The van der Waals surface area contributed by atoms with Crippen molar-refractivity contribution in [2.75, 3.05) is 6.79 Å². The van der Waals surface area contributed by atoms with E-state index < -0.39 is 5.92 Å². The Morgan fingerprint density at radius 3 is 2.82 bits per heavy atom. The van der Waals surface area contributed by atoms with Crippen molar-refractivity contribution in [2.45, 2.75) is 5.92 Å². The van der Waals surface area contributed by atoms with Gasteiger partial charge in [-0.2, -0.15) is 5.26 Å². The van der Waals surface area contributed by atoms with Gasteiger partial charge in [0.05, 0.1) is 17.2 Å². The van der Waals surface area contributed by atoms with Crippen molar-refractivity contribution in [3.05, 3.63) is 70.1 Å². The Kier molecular flexibility index (Phi) is 3.67. The van der Waals surface area contributed by atoms with E-state index in [-0.39, 0.29) is 18.2 Å². The molecule has 0 fully saturated rings. The third-order valence-electron chi connectivity index (χ3n) is 4.82. The number of ether oxygens (including phenoxy) is 3. The topological polar surface area (TPSA) is 106 Å². The van der Waals surface area contributed by atoms with Gasteiger partial charge in [0.2, 0.25) is 18.6 Å². The highest BCUT2D eigenvalue weighted by Crippen LogP contribution is 2.48. The summed E-state index contributed by atoms with van der Waals surface area (Å²) in [5.74, 6) is 1.14. The quantitative estimate of drug-likeness (QED) is 0.689. The van der Waals surface area contributed by atoms with Gasteiger partial charge in [-0.15, -0.1) is 5.10 Å². The van der Waals surface area contributed by atoms with Gasteiger partial charge in [-0.25, -0.2) is 0 Å². The summed E-state index contributed by atoms with van der Waals surface area (Å²) < 4.78 is 16.5. The fraction of sp³-hybridized carbons (Fsp3) is 0.100. The molecule has 8 heteroatoms. The van der Waals surface area contributed by atoms with Crippen molar-refractivity contribution in [1.82, 2.24) is 10.2 Å². The van der Waals surface area contributed by atoms with Crippen LogP contribution in [0.1, 0.15) is 17.0 Å². The lowest BCUT2D eigenvalue weighted by Crippen LogP contribution is -2.21. The maximum atomic E-state index is 9.76. The van der Waals surface area contributed by atoms with E-state index in [1.54, 1.807) is 6.07 Å². The lowest BCUT2D eigenvalue weighted by Gasteiger charge is -2.24. The summed E-state index contributed by atoms with van der Waals surface area (Å²) in [5.41, 5.74) is 9.24. The number of hydrogen-bond acceptors (Lipinski definition) is 6. The third-order valence-corrected chi connectivity index (χ3v) is 5.16. The number of allylic oxidation sites excluding steroid dienone is 1. The highest BCUT2D eigenvalue weighted by atomic mass is 35.5. The minimum Gasteiger partial charge on any atom is -0.454 e. The largest absolute Gasteiger partial charge is 0.454 e. The fourth-order valence-corrected chi connectivity index (χ4v) is 3.78. The second-order valence-electron chi connectivity index (χ2n) is 6.33. The van der Waals surface area contributed by atoms with Gasteiger partial charge in [0.25, 0.3) is 0 Å². The van der Waals surface area contributed by atoms with Crippen LogP contribution in [0.4, 0.5) is 0 Å². The van der Waals surface area contributed by atoms with Gasteiger partial charge in [0, 0.05) is 10.6 Å². The standard InChI is InChI=1S/C20H13ClN4O3/c21-13-4-2-1-3-11(13)16-12(8-22)19(23)28-20-17(16)18(24-25-20)10-5-6-14-15(7-10)27-9-26-14/h1-7,16H,9,23H2,(H,24,25)/t16-/m0/s1. The molecule has 0 bridgehead atoms. The molecule has 1 aromatic heterocycles. The van der Waals surface area contributed by atoms with Crippen LogP contribution in [0.2, 0.25) is 5.02 Å². The second-order valence-corrected chi connectivity index (χ2v) is 6.74. The summed E-state index contributed by atoms with van der Waals surface area (Å²) in [6.45, 7) is 0.184. The van der Waals surface area contributed by atoms with Crippen molar-refractivity contribution in [3.63, 3.8) is 0 Å². The van der Waals surface area contributed by atoms with E-state index in [0.717, 1.165) is 11.1 Å². The molecule has 138 valence electrons. The average molecular weight is 393 g/mol. The van der Waals surface area contributed by atoms with E-state index in [1.165, 1.54) is 0 Å². The van der Waals surface area contributed by atoms with Crippen LogP contribution in [-0.2, 0) is 0 Å². The zero-order valence-electron chi connectivity index (χ0n) is 14.4. The third kappa shape index (κ3) is 2.39. The number of hydrogen-bond donors (Lipinski definition) is 2. The van der Waals surface area contributed by atoms with Crippen LogP contribution in [0.5, 0.6) is 17.4 Å². The van der Waals surface area contributed by atoms with Gasteiger partial charge in [-0.05, 0) is 29.8 Å². The smallest absolute Gasteiger partial charge is 0.244 e. The number of aromatic nitrogens is 2. The van der Waals surface area contributed by atoms with Gasteiger partial charge in [0.15, 0.2) is 11.5 Å². The van der Waals surface area contributed by atoms with Crippen LogP contribution in [0.15, 0.2) is 53.9 Å². The molecule has 1 atom stereocenters. The number of H-pyrrole nitrogens is 1. The van der Waals surface area contributed by atoms with E-state index in [2.05, 4.69) is 16.3 Å². The first kappa shape index (κ1) is 16.5. The first-order valence-electron chi connectivity index (χ1n) is 8.47. The average Bonchev–Trinajstić information content (AvgIpc) is 3.33. The first-order valence-corrected chi connectivity index (χ1v) is 8.85. The van der Waals surface area contributed by atoms with Crippen LogP contribution in [-0.4, -0.2) is 17.0 Å². The lowest BCUT2D eigenvalue weighted by molar-refractivity contribution is 0.174. The number of nitrogens with two attached hydrogens (primary N) is 1. The molecule has 28 heavy (non-hydrogen) atoms. The number of nitrogens with one attached hydrogen (secondary N) is 1. The summed E-state index contributed by atoms with van der Waals surface area (Å²) >= 11 is 6.46. The molecule has 7 nitrogen and oxygen atoms in total. The predicted molar refractivity (Wildman–Crippen MR) is 101 cm³/mol. The normalized spacial score (nSPS) is 17.1. The molecule has 0 amide bonds. The van der Waals surface area contributed by atoms with Crippen LogP contribution in [0, 0.1) is 11.3 Å². The van der Waals surface area contributed by atoms with Crippen molar-refractivity contribution in [1.29, 1.82) is 5.26 Å². The van der Waals surface area contributed by atoms with E-state index in [9.17, 15) is 5.26 Å². The predicted octanol–water partition coefficient (Wildman–Crippen LogP) is 3.68. The number of nitrogens with zero attached hydrogens (tertiary/aromatic N) is 2. The zero-order chi connectivity index (χ0) is 19.3. The molecule has 5 rings (SSSR count). The van der Waals surface area contributed by atoms with Crippen molar-refractivity contribution in [2.24, 2.45) is 5.73 Å². The number of benzene rings is 2. The maximum absolute atomic E-state index is 9.76. The summed E-state index contributed by atoms with van der Waals surface area (Å²) in [5, 5.41) is 17.6. The number of halogens is 1. The monoisotopic (exact) mass is 392 g/mol. The Bertz CT molecular complexity index is 1180. The van der Waals surface area contributed by atoms with E-state index in [1.807, 2.05) is 36.4 Å². The minimum atomic E-state index is -0.512. The lowest BCUT2D eigenvalue weighted by atomic mass is 9.83. The highest BCUT2D eigenvalue weighted by molar-refractivity contribution is 6.31. The molecule has 0 saturated heterocycles. The van der Waals surface area contributed by atoms with Crippen molar-refractivity contribution < 1.29 is 14.2 Å². The molecule has 0 radical (unpaired) electrons. The van der Waals surface area contributed by atoms with Crippen LogP contribution < -0.4 is 19.9 Å². The Morgan fingerprint density at radius 2 is 2.00 bits per heavy atom. The van der Waals surface area contributed by atoms with Gasteiger partial charge in [-0.3, -0.25) is 5.10 Å². The molecule has 0 saturated carbocycles. The number of nitriles is 1. The maximum Gasteiger partial charge on any atom is 0.244 e. The van der Waals surface area contributed by atoms with Gasteiger partial charge < -0.3 is 19.9 Å². The zero-order valence-corrected chi connectivity index (χ0v) is 15.2. The Morgan fingerprint density at radius 1 is 1.18 bits per heavy atom. The second kappa shape index (κ2) is 6.22. The molecule has 3 heterocycles. The van der Waals surface area contributed by atoms with Gasteiger partial charge >= 0.3 is 0 Å². The molecule has 3 aromatic rings. The van der Waals surface area contributed by atoms with Crippen LogP contribution in [0.3, 0.4) is 0 Å². The summed E-state index contributed by atoms with van der Waals surface area (Å²) in [6, 6.07) is 15.1. The molecule has 0 aliphatic carbocycles. The van der Waals surface area contributed by atoms with Crippen molar-refractivity contribution in [3.8, 4) is 34.7 Å². The van der Waals surface area contributed by atoms with E-state index in [4.69, 9.17) is 31.5 Å². The SMILES string of the molecule is N#CC1=C(N)Oc2n[nH]c(-c3ccc4c(c3)OCO4)c2[C@H]1c1ccccc1Cl. The number of fused-ring (bicyclic) bond motifs is 2.